The molecule has 0 bridgehead atoms. The topological polar surface area (TPSA) is 28.2 Å². The molecule has 0 saturated carbocycles. The lowest BCUT2D eigenvalue weighted by Gasteiger charge is -2.23. The van der Waals surface area contributed by atoms with Crippen LogP contribution in [0, 0.1) is 6.92 Å². The van der Waals surface area contributed by atoms with Crippen molar-refractivity contribution in [3.8, 4) is 0 Å². The number of nitrogens with zero attached hydrogens (tertiary/aromatic N) is 2. The van der Waals surface area contributed by atoms with Crippen molar-refractivity contribution in [3.05, 3.63) is 52.7 Å². The van der Waals surface area contributed by atoms with Crippen LogP contribution in [0.25, 0.3) is 0 Å². The Morgan fingerprint density at radius 3 is 2.70 bits per heavy atom. The van der Waals surface area contributed by atoms with Crippen molar-refractivity contribution in [1.29, 1.82) is 0 Å². The van der Waals surface area contributed by atoms with Crippen LogP contribution < -0.4 is 10.2 Å². The normalized spacial score (nSPS) is 10.4. The molecule has 1 aromatic heterocycles. The fraction of sp³-hybridized carbons (Fsp3) is 0.312. The number of rotatable bonds is 5. The van der Waals surface area contributed by atoms with Gasteiger partial charge in [0.25, 0.3) is 0 Å². The number of halogens is 1. The molecule has 0 atom stereocenters. The highest BCUT2D eigenvalue weighted by atomic mass is 35.5. The molecule has 0 fully saturated rings. The molecule has 1 heterocycles. The van der Waals surface area contributed by atoms with Crippen LogP contribution in [-0.2, 0) is 6.54 Å². The average Bonchev–Trinajstić information content (AvgIpc) is 2.46. The third kappa shape index (κ3) is 3.42. The van der Waals surface area contributed by atoms with Gasteiger partial charge in [0.05, 0.1) is 17.3 Å². The second kappa shape index (κ2) is 6.62. The molecule has 106 valence electrons. The zero-order valence-corrected chi connectivity index (χ0v) is 12.9. The van der Waals surface area contributed by atoms with E-state index in [-0.39, 0.29) is 0 Å². The molecule has 0 aliphatic rings. The molecule has 0 amide bonds. The van der Waals surface area contributed by atoms with Gasteiger partial charge in [-0.3, -0.25) is 0 Å². The van der Waals surface area contributed by atoms with Crippen molar-refractivity contribution < 1.29 is 0 Å². The van der Waals surface area contributed by atoms with Crippen LogP contribution in [0.3, 0.4) is 0 Å². The minimum atomic E-state index is 0.703. The second-order valence-corrected chi connectivity index (χ2v) is 5.14. The number of nitrogens with one attached hydrogen (secondary N) is 1. The molecule has 20 heavy (non-hydrogen) atoms. The van der Waals surface area contributed by atoms with E-state index in [1.54, 1.807) is 0 Å². The standard InChI is InChI=1S/C16H20ClN3/c1-4-20(13-7-5-6-12(2)10-13)11-15-14(17)8-9-16(18-3)19-15/h5-10H,4,11H2,1-3H3,(H,18,19). The number of aryl methyl sites for hydroxylation is 1. The summed E-state index contributed by atoms with van der Waals surface area (Å²) in [6, 6.07) is 12.2. The van der Waals surface area contributed by atoms with Gasteiger partial charge >= 0.3 is 0 Å². The second-order valence-electron chi connectivity index (χ2n) is 4.73. The number of hydrogen-bond acceptors (Lipinski definition) is 3. The van der Waals surface area contributed by atoms with Gasteiger partial charge in [0.1, 0.15) is 5.82 Å². The summed E-state index contributed by atoms with van der Waals surface area (Å²) in [5.74, 6) is 0.838. The molecule has 0 aliphatic carbocycles. The summed E-state index contributed by atoms with van der Waals surface area (Å²) >= 11 is 6.26. The fourth-order valence-corrected chi connectivity index (χ4v) is 2.29. The lowest BCUT2D eigenvalue weighted by Crippen LogP contribution is -2.23. The van der Waals surface area contributed by atoms with Gasteiger partial charge in [0, 0.05) is 19.3 Å². The number of benzene rings is 1. The Hall–Kier alpha value is -1.74. The van der Waals surface area contributed by atoms with Crippen LogP contribution in [-0.4, -0.2) is 18.6 Å². The molecule has 2 aromatic rings. The van der Waals surface area contributed by atoms with Crippen LogP contribution in [0.5, 0.6) is 0 Å². The van der Waals surface area contributed by atoms with Crippen molar-refractivity contribution in [1.82, 2.24) is 4.98 Å². The highest BCUT2D eigenvalue weighted by molar-refractivity contribution is 6.31. The van der Waals surface area contributed by atoms with E-state index in [0.717, 1.165) is 18.1 Å². The third-order valence-electron chi connectivity index (χ3n) is 3.26. The summed E-state index contributed by atoms with van der Waals surface area (Å²) in [6.45, 7) is 5.85. The van der Waals surface area contributed by atoms with Crippen molar-refractivity contribution in [3.63, 3.8) is 0 Å². The minimum Gasteiger partial charge on any atom is -0.373 e. The molecule has 0 unspecified atom stereocenters. The molecule has 0 spiro atoms. The molecule has 4 heteroatoms. The van der Waals surface area contributed by atoms with E-state index in [4.69, 9.17) is 11.6 Å². The Bertz CT molecular complexity index is 584. The van der Waals surface area contributed by atoms with Crippen molar-refractivity contribution in [2.24, 2.45) is 0 Å². The van der Waals surface area contributed by atoms with Gasteiger partial charge in [-0.15, -0.1) is 0 Å². The largest absolute Gasteiger partial charge is 0.373 e. The zero-order chi connectivity index (χ0) is 14.5. The molecule has 0 radical (unpaired) electrons. The first-order chi connectivity index (χ1) is 9.63. The summed E-state index contributed by atoms with van der Waals surface area (Å²) in [5, 5.41) is 3.75. The highest BCUT2D eigenvalue weighted by Crippen LogP contribution is 2.22. The Morgan fingerprint density at radius 2 is 2.05 bits per heavy atom. The highest BCUT2D eigenvalue weighted by Gasteiger charge is 2.10. The first-order valence-electron chi connectivity index (χ1n) is 6.78. The number of aromatic nitrogens is 1. The van der Waals surface area contributed by atoms with Gasteiger partial charge in [-0.1, -0.05) is 23.7 Å². The number of anilines is 2. The van der Waals surface area contributed by atoms with Crippen LogP contribution in [0.4, 0.5) is 11.5 Å². The van der Waals surface area contributed by atoms with E-state index in [0.29, 0.717) is 11.6 Å². The predicted octanol–water partition coefficient (Wildman–Crippen LogP) is 4.11. The minimum absolute atomic E-state index is 0.703. The van der Waals surface area contributed by atoms with E-state index < -0.39 is 0 Å². The predicted molar refractivity (Wildman–Crippen MR) is 86.7 cm³/mol. The summed E-state index contributed by atoms with van der Waals surface area (Å²) in [5.41, 5.74) is 3.34. The van der Waals surface area contributed by atoms with E-state index in [1.165, 1.54) is 11.3 Å². The quantitative estimate of drug-likeness (QED) is 0.898. The lowest BCUT2D eigenvalue weighted by atomic mass is 10.2. The van der Waals surface area contributed by atoms with Crippen molar-refractivity contribution >= 4 is 23.1 Å². The molecule has 0 aliphatic heterocycles. The Labute approximate surface area is 125 Å². The van der Waals surface area contributed by atoms with Gasteiger partial charge in [-0.25, -0.2) is 4.98 Å². The smallest absolute Gasteiger partial charge is 0.126 e. The molecule has 2 rings (SSSR count). The monoisotopic (exact) mass is 289 g/mol. The summed E-state index contributed by atoms with van der Waals surface area (Å²) in [6.07, 6.45) is 0. The molecular weight excluding hydrogens is 270 g/mol. The van der Waals surface area contributed by atoms with Crippen LogP contribution in [0.2, 0.25) is 5.02 Å². The van der Waals surface area contributed by atoms with E-state index >= 15 is 0 Å². The molecule has 3 nitrogen and oxygen atoms in total. The Kier molecular flexibility index (Phi) is 4.85. The van der Waals surface area contributed by atoms with E-state index in [1.807, 2.05) is 19.2 Å². The maximum atomic E-state index is 6.26. The van der Waals surface area contributed by atoms with Crippen molar-refractivity contribution in [2.45, 2.75) is 20.4 Å². The first-order valence-corrected chi connectivity index (χ1v) is 7.16. The fourth-order valence-electron chi connectivity index (χ4n) is 2.13. The van der Waals surface area contributed by atoms with Gasteiger partial charge in [0.2, 0.25) is 0 Å². The third-order valence-corrected chi connectivity index (χ3v) is 3.61. The van der Waals surface area contributed by atoms with Crippen LogP contribution in [0.15, 0.2) is 36.4 Å². The van der Waals surface area contributed by atoms with Crippen LogP contribution >= 0.6 is 11.6 Å². The van der Waals surface area contributed by atoms with Gasteiger partial charge < -0.3 is 10.2 Å². The summed E-state index contributed by atoms with van der Waals surface area (Å²) in [7, 11) is 1.86. The maximum absolute atomic E-state index is 6.26. The maximum Gasteiger partial charge on any atom is 0.126 e. The Balaban J connectivity index is 2.26. The molecule has 1 N–H and O–H groups in total. The van der Waals surface area contributed by atoms with Crippen molar-refractivity contribution in [2.75, 3.05) is 23.8 Å². The lowest BCUT2D eigenvalue weighted by molar-refractivity contribution is 0.810. The first kappa shape index (κ1) is 14.7. The molecule has 1 aromatic carbocycles. The Morgan fingerprint density at radius 1 is 1.25 bits per heavy atom. The van der Waals surface area contributed by atoms with E-state index in [9.17, 15) is 0 Å². The molecular formula is C16H20ClN3. The van der Waals surface area contributed by atoms with Gasteiger partial charge in [-0.2, -0.15) is 0 Å². The van der Waals surface area contributed by atoms with E-state index in [2.05, 4.69) is 53.3 Å². The summed E-state index contributed by atoms with van der Waals surface area (Å²) in [4.78, 5) is 6.81. The number of pyridine rings is 1. The average molecular weight is 290 g/mol. The number of hydrogen-bond donors (Lipinski definition) is 1. The zero-order valence-electron chi connectivity index (χ0n) is 12.2. The SMILES string of the molecule is CCN(Cc1nc(NC)ccc1Cl)c1cccc(C)c1. The van der Waals surface area contributed by atoms with Crippen LogP contribution in [0.1, 0.15) is 18.2 Å². The van der Waals surface area contributed by atoms with Gasteiger partial charge in [-0.05, 0) is 43.7 Å². The summed E-state index contributed by atoms with van der Waals surface area (Å²) < 4.78 is 0. The molecule has 0 saturated heterocycles. The van der Waals surface area contributed by atoms with Gasteiger partial charge in [0.15, 0.2) is 0 Å².